The highest BCUT2D eigenvalue weighted by Gasteiger charge is 2.19. The number of furan rings is 1. The molecular formula is C26H27N3O5S. The van der Waals surface area contributed by atoms with Gasteiger partial charge < -0.3 is 19.0 Å². The largest absolute Gasteiger partial charge is 0.455 e. The van der Waals surface area contributed by atoms with Gasteiger partial charge in [0.1, 0.15) is 11.5 Å². The number of hydrogen-bond donors (Lipinski definition) is 1. The van der Waals surface area contributed by atoms with Crippen molar-refractivity contribution in [1.82, 2.24) is 9.47 Å². The van der Waals surface area contributed by atoms with Gasteiger partial charge in [0.05, 0.1) is 18.1 Å². The summed E-state index contributed by atoms with van der Waals surface area (Å²) in [5.74, 6) is -0.466. The zero-order valence-electron chi connectivity index (χ0n) is 19.2. The van der Waals surface area contributed by atoms with Gasteiger partial charge in [-0.05, 0) is 48.5 Å². The van der Waals surface area contributed by atoms with Gasteiger partial charge >= 0.3 is 0 Å². The van der Waals surface area contributed by atoms with Crippen molar-refractivity contribution in [1.29, 1.82) is 0 Å². The number of sulfone groups is 1. The second-order valence-electron chi connectivity index (χ2n) is 8.53. The quantitative estimate of drug-likeness (QED) is 0.401. The number of ether oxygens (including phenoxy) is 1. The number of benzene rings is 2. The van der Waals surface area contributed by atoms with Gasteiger partial charge in [-0.3, -0.25) is 9.69 Å². The number of morpholine rings is 1. The van der Waals surface area contributed by atoms with Crippen LogP contribution in [0.1, 0.15) is 16.3 Å². The first-order chi connectivity index (χ1) is 17.0. The standard InChI is InChI=1S/C26H27N3O5S/c30-26(25-9-7-22(34-25)19-35(31,32)23-4-2-1-3-5-23)27-21-6-8-24-20(18-21)10-11-29(24)13-12-28-14-16-33-17-15-28/h1-11,18H,12-17,19H2,(H,27,30). The van der Waals surface area contributed by atoms with E-state index in [1.807, 2.05) is 24.3 Å². The molecule has 1 aliphatic rings. The predicted octanol–water partition coefficient (Wildman–Crippen LogP) is 3.79. The number of fused-ring (bicyclic) bond motifs is 1. The molecule has 5 rings (SSSR count). The first-order valence-electron chi connectivity index (χ1n) is 11.5. The number of aromatic nitrogens is 1. The normalized spacial score (nSPS) is 14.9. The monoisotopic (exact) mass is 493 g/mol. The van der Waals surface area contributed by atoms with Crippen LogP contribution in [-0.2, 0) is 26.9 Å². The Hall–Kier alpha value is -3.40. The SMILES string of the molecule is O=C(Nc1ccc2c(ccn2CCN2CCOCC2)c1)c1ccc(CS(=O)(=O)c2ccccc2)o1. The van der Waals surface area contributed by atoms with E-state index >= 15 is 0 Å². The molecule has 9 heteroatoms. The maximum absolute atomic E-state index is 12.7. The van der Waals surface area contributed by atoms with Crippen LogP contribution in [0.25, 0.3) is 10.9 Å². The molecule has 182 valence electrons. The molecule has 0 saturated carbocycles. The molecule has 2 aromatic carbocycles. The minimum Gasteiger partial charge on any atom is -0.455 e. The smallest absolute Gasteiger partial charge is 0.291 e. The lowest BCUT2D eigenvalue weighted by atomic mass is 10.2. The third-order valence-electron chi connectivity index (χ3n) is 6.11. The Bertz CT molecular complexity index is 1420. The van der Waals surface area contributed by atoms with Crippen LogP contribution in [0.2, 0.25) is 0 Å². The third-order valence-corrected chi connectivity index (χ3v) is 7.76. The van der Waals surface area contributed by atoms with Crippen LogP contribution in [0.15, 0.2) is 82.2 Å². The number of anilines is 1. The maximum Gasteiger partial charge on any atom is 0.291 e. The van der Waals surface area contributed by atoms with Crippen LogP contribution in [0, 0.1) is 0 Å². The Kier molecular flexibility index (Phi) is 6.72. The van der Waals surface area contributed by atoms with Crippen molar-refractivity contribution >= 4 is 32.3 Å². The van der Waals surface area contributed by atoms with Crippen LogP contribution < -0.4 is 5.32 Å². The number of nitrogens with one attached hydrogen (secondary N) is 1. The average Bonchev–Trinajstić information content (AvgIpc) is 3.50. The van der Waals surface area contributed by atoms with Gasteiger partial charge in [0, 0.05) is 49.0 Å². The van der Waals surface area contributed by atoms with Gasteiger partial charge in [0.2, 0.25) is 0 Å². The summed E-state index contributed by atoms with van der Waals surface area (Å²) in [6, 6.07) is 19.0. The second kappa shape index (κ2) is 10.1. The second-order valence-corrected chi connectivity index (χ2v) is 10.5. The summed E-state index contributed by atoms with van der Waals surface area (Å²) < 4.78 is 38.3. The highest BCUT2D eigenvalue weighted by molar-refractivity contribution is 7.90. The molecule has 0 unspecified atom stereocenters. The molecule has 8 nitrogen and oxygen atoms in total. The average molecular weight is 494 g/mol. The molecule has 1 fully saturated rings. The molecule has 0 spiro atoms. The minimum absolute atomic E-state index is 0.0615. The van der Waals surface area contributed by atoms with Crippen LogP contribution in [0.5, 0.6) is 0 Å². The highest BCUT2D eigenvalue weighted by atomic mass is 32.2. The molecule has 0 aliphatic carbocycles. The molecule has 1 amide bonds. The summed E-state index contributed by atoms with van der Waals surface area (Å²) >= 11 is 0. The van der Waals surface area contributed by atoms with Crippen molar-refractivity contribution in [2.75, 3.05) is 38.2 Å². The summed E-state index contributed by atoms with van der Waals surface area (Å²) in [4.78, 5) is 15.3. The van der Waals surface area contributed by atoms with Gasteiger partial charge in [-0.25, -0.2) is 8.42 Å². The van der Waals surface area contributed by atoms with E-state index in [0.717, 1.165) is 50.3 Å². The topological polar surface area (TPSA) is 93.8 Å². The molecule has 4 aromatic rings. The van der Waals surface area contributed by atoms with Crippen molar-refractivity contribution in [2.24, 2.45) is 0 Å². The van der Waals surface area contributed by atoms with Gasteiger partial charge in [0.15, 0.2) is 15.6 Å². The fraction of sp³-hybridized carbons (Fsp3) is 0.269. The number of carbonyl (C=O) groups is 1. The third kappa shape index (κ3) is 5.48. The first kappa shape index (κ1) is 23.3. The summed E-state index contributed by atoms with van der Waals surface area (Å²) in [5.41, 5.74) is 1.74. The number of amides is 1. The lowest BCUT2D eigenvalue weighted by Crippen LogP contribution is -2.38. The van der Waals surface area contributed by atoms with E-state index in [4.69, 9.17) is 9.15 Å². The fourth-order valence-corrected chi connectivity index (χ4v) is 5.48. The summed E-state index contributed by atoms with van der Waals surface area (Å²) in [6.07, 6.45) is 2.06. The number of hydrogen-bond acceptors (Lipinski definition) is 6. The Labute approximate surface area is 204 Å². The number of rotatable bonds is 8. The van der Waals surface area contributed by atoms with Gasteiger partial charge in [-0.2, -0.15) is 0 Å². The van der Waals surface area contributed by atoms with Crippen LogP contribution in [0.3, 0.4) is 0 Å². The number of nitrogens with zero attached hydrogens (tertiary/aromatic N) is 2. The van der Waals surface area contributed by atoms with Crippen molar-refractivity contribution in [3.63, 3.8) is 0 Å². The maximum atomic E-state index is 12.7. The van der Waals surface area contributed by atoms with E-state index in [1.54, 1.807) is 18.2 Å². The van der Waals surface area contributed by atoms with Crippen molar-refractivity contribution < 1.29 is 22.4 Å². The Morgan fingerprint density at radius 2 is 1.74 bits per heavy atom. The van der Waals surface area contributed by atoms with Crippen molar-refractivity contribution in [2.45, 2.75) is 17.2 Å². The lowest BCUT2D eigenvalue weighted by Gasteiger charge is -2.26. The summed E-state index contributed by atoms with van der Waals surface area (Å²) in [7, 11) is -3.56. The highest BCUT2D eigenvalue weighted by Crippen LogP contribution is 2.23. The zero-order chi connectivity index (χ0) is 24.3. The molecule has 0 atom stereocenters. The first-order valence-corrected chi connectivity index (χ1v) is 13.2. The Morgan fingerprint density at radius 3 is 2.54 bits per heavy atom. The van der Waals surface area contributed by atoms with Crippen LogP contribution in [0.4, 0.5) is 5.69 Å². The van der Waals surface area contributed by atoms with E-state index < -0.39 is 15.7 Å². The lowest BCUT2D eigenvalue weighted by molar-refractivity contribution is 0.0365. The van der Waals surface area contributed by atoms with E-state index in [-0.39, 0.29) is 22.2 Å². The predicted molar refractivity (Wildman–Crippen MR) is 133 cm³/mol. The molecular weight excluding hydrogens is 466 g/mol. The summed E-state index contributed by atoms with van der Waals surface area (Å²) in [5, 5.41) is 3.86. The molecule has 35 heavy (non-hydrogen) atoms. The molecule has 3 heterocycles. The molecule has 1 aliphatic heterocycles. The molecule has 0 bridgehead atoms. The Morgan fingerprint density at radius 1 is 0.943 bits per heavy atom. The molecule has 1 saturated heterocycles. The van der Waals surface area contributed by atoms with Crippen LogP contribution in [-0.4, -0.2) is 56.6 Å². The minimum atomic E-state index is -3.56. The zero-order valence-corrected chi connectivity index (χ0v) is 20.0. The van der Waals surface area contributed by atoms with E-state index in [2.05, 4.69) is 21.0 Å². The summed E-state index contributed by atoms with van der Waals surface area (Å²) in [6.45, 7) is 5.35. The molecule has 2 aromatic heterocycles. The van der Waals surface area contributed by atoms with E-state index in [0.29, 0.717) is 5.69 Å². The van der Waals surface area contributed by atoms with Crippen molar-refractivity contribution in [3.8, 4) is 0 Å². The van der Waals surface area contributed by atoms with Gasteiger partial charge in [-0.15, -0.1) is 0 Å². The van der Waals surface area contributed by atoms with Crippen LogP contribution >= 0.6 is 0 Å². The fourth-order valence-electron chi connectivity index (χ4n) is 4.22. The van der Waals surface area contributed by atoms with E-state index in [1.165, 1.54) is 24.3 Å². The molecule has 0 radical (unpaired) electrons. The van der Waals surface area contributed by atoms with Gasteiger partial charge in [-0.1, -0.05) is 18.2 Å². The number of carbonyl (C=O) groups excluding carboxylic acids is 1. The van der Waals surface area contributed by atoms with E-state index in [9.17, 15) is 13.2 Å². The Balaban J connectivity index is 1.22. The van der Waals surface area contributed by atoms with Crippen molar-refractivity contribution in [3.05, 3.63) is 84.4 Å². The molecule has 1 N–H and O–H groups in total. The van der Waals surface area contributed by atoms with Gasteiger partial charge in [0.25, 0.3) is 5.91 Å².